The number of rotatable bonds is 5. The first-order valence-electron chi connectivity index (χ1n) is 6.00. The lowest BCUT2D eigenvalue weighted by molar-refractivity contribution is 0.344. The maximum absolute atomic E-state index is 3.56. The van der Waals surface area contributed by atoms with E-state index in [4.69, 9.17) is 0 Å². The maximum atomic E-state index is 3.56. The fourth-order valence-corrected chi connectivity index (χ4v) is 2.04. The summed E-state index contributed by atoms with van der Waals surface area (Å²) in [5.41, 5.74) is 4.21. The Bertz CT molecular complexity index is 332. The number of nitrogens with one attached hydrogen (secondary N) is 1. The highest BCUT2D eigenvalue weighted by Crippen LogP contribution is 2.20. The van der Waals surface area contributed by atoms with Gasteiger partial charge in [-0.2, -0.15) is 0 Å². The molecule has 90 valence electrons. The maximum Gasteiger partial charge on any atom is 0.0451 e. The van der Waals surface area contributed by atoms with Crippen molar-refractivity contribution in [2.75, 3.05) is 27.2 Å². The summed E-state index contributed by atoms with van der Waals surface area (Å²) in [7, 11) is 4.24. The average molecular weight is 220 g/mol. The Kier molecular flexibility index (Phi) is 4.97. The van der Waals surface area contributed by atoms with Gasteiger partial charge in [0.15, 0.2) is 0 Å². The van der Waals surface area contributed by atoms with E-state index in [2.05, 4.69) is 63.3 Å². The second-order valence-corrected chi connectivity index (χ2v) is 4.66. The third-order valence-electron chi connectivity index (χ3n) is 3.02. The first kappa shape index (κ1) is 13.2. The van der Waals surface area contributed by atoms with Crippen LogP contribution in [-0.4, -0.2) is 32.1 Å². The smallest absolute Gasteiger partial charge is 0.0451 e. The van der Waals surface area contributed by atoms with E-state index >= 15 is 0 Å². The summed E-state index contributed by atoms with van der Waals surface area (Å²) in [4.78, 5) is 2.23. The topological polar surface area (TPSA) is 15.3 Å². The fourth-order valence-electron chi connectivity index (χ4n) is 2.04. The summed E-state index contributed by atoms with van der Waals surface area (Å²) in [6, 6.07) is 6.99. The minimum absolute atomic E-state index is 0.430. The third kappa shape index (κ3) is 3.32. The van der Waals surface area contributed by atoms with E-state index < -0.39 is 0 Å². The molecule has 2 nitrogen and oxygen atoms in total. The predicted molar refractivity (Wildman–Crippen MR) is 70.9 cm³/mol. The van der Waals surface area contributed by atoms with Crippen LogP contribution in [-0.2, 0) is 0 Å². The lowest BCUT2D eigenvalue weighted by Crippen LogP contribution is -2.31. The van der Waals surface area contributed by atoms with Crippen LogP contribution in [0.25, 0.3) is 0 Å². The molecular weight excluding hydrogens is 196 g/mol. The SMILES string of the molecule is CCNC(CN(C)C)c1cccc(C)c1C. The van der Waals surface area contributed by atoms with Crippen LogP contribution in [0, 0.1) is 13.8 Å². The van der Waals surface area contributed by atoms with Gasteiger partial charge in [0.25, 0.3) is 0 Å². The second kappa shape index (κ2) is 6.02. The first-order chi connectivity index (χ1) is 7.56. The molecular formula is C14H24N2. The van der Waals surface area contributed by atoms with E-state index in [1.165, 1.54) is 16.7 Å². The van der Waals surface area contributed by atoms with Crippen molar-refractivity contribution in [1.29, 1.82) is 0 Å². The number of aryl methyl sites for hydroxylation is 1. The van der Waals surface area contributed by atoms with Crippen molar-refractivity contribution in [3.8, 4) is 0 Å². The van der Waals surface area contributed by atoms with Gasteiger partial charge in [0.05, 0.1) is 0 Å². The van der Waals surface area contributed by atoms with E-state index in [9.17, 15) is 0 Å². The summed E-state index contributed by atoms with van der Waals surface area (Å²) in [5, 5.41) is 3.56. The Morgan fingerprint density at radius 2 is 1.94 bits per heavy atom. The molecule has 0 aliphatic rings. The molecule has 2 heteroatoms. The molecule has 0 aliphatic heterocycles. The van der Waals surface area contributed by atoms with Gasteiger partial charge >= 0.3 is 0 Å². The van der Waals surface area contributed by atoms with Crippen molar-refractivity contribution < 1.29 is 0 Å². The number of hydrogen-bond donors (Lipinski definition) is 1. The minimum atomic E-state index is 0.430. The molecule has 0 heterocycles. The van der Waals surface area contributed by atoms with Gasteiger partial charge in [-0.05, 0) is 51.2 Å². The van der Waals surface area contributed by atoms with Crippen molar-refractivity contribution in [2.45, 2.75) is 26.8 Å². The molecule has 0 fully saturated rings. The molecule has 0 amide bonds. The van der Waals surface area contributed by atoms with E-state index in [0.29, 0.717) is 6.04 Å². The Morgan fingerprint density at radius 1 is 1.25 bits per heavy atom. The van der Waals surface area contributed by atoms with Gasteiger partial charge in [-0.25, -0.2) is 0 Å². The predicted octanol–water partition coefficient (Wildman–Crippen LogP) is 2.52. The van der Waals surface area contributed by atoms with E-state index in [1.54, 1.807) is 0 Å². The average Bonchev–Trinajstić information content (AvgIpc) is 2.21. The largest absolute Gasteiger partial charge is 0.309 e. The molecule has 1 aromatic rings. The molecule has 0 bridgehead atoms. The summed E-state index contributed by atoms with van der Waals surface area (Å²) in [5.74, 6) is 0. The molecule has 0 aliphatic carbocycles. The lowest BCUT2D eigenvalue weighted by atomic mass is 9.97. The Hall–Kier alpha value is -0.860. The van der Waals surface area contributed by atoms with Crippen LogP contribution in [0.1, 0.15) is 29.7 Å². The normalized spacial score (nSPS) is 13.1. The summed E-state index contributed by atoms with van der Waals surface area (Å²) in [6.45, 7) is 8.60. The molecule has 0 spiro atoms. The van der Waals surface area contributed by atoms with Crippen molar-refractivity contribution in [3.05, 3.63) is 34.9 Å². The number of benzene rings is 1. The van der Waals surface area contributed by atoms with Crippen LogP contribution in [0.2, 0.25) is 0 Å². The third-order valence-corrected chi connectivity index (χ3v) is 3.02. The van der Waals surface area contributed by atoms with Crippen LogP contribution in [0.15, 0.2) is 18.2 Å². The van der Waals surface area contributed by atoms with Gasteiger partial charge in [-0.3, -0.25) is 0 Å². The molecule has 1 rings (SSSR count). The molecule has 0 saturated heterocycles. The number of likely N-dealkylation sites (N-methyl/N-ethyl adjacent to an activating group) is 2. The van der Waals surface area contributed by atoms with Crippen molar-refractivity contribution in [1.82, 2.24) is 10.2 Å². The van der Waals surface area contributed by atoms with Crippen LogP contribution in [0.4, 0.5) is 0 Å². The molecule has 0 radical (unpaired) electrons. The second-order valence-electron chi connectivity index (χ2n) is 4.66. The number of nitrogens with zero attached hydrogens (tertiary/aromatic N) is 1. The fraction of sp³-hybridized carbons (Fsp3) is 0.571. The minimum Gasteiger partial charge on any atom is -0.309 e. The molecule has 16 heavy (non-hydrogen) atoms. The summed E-state index contributed by atoms with van der Waals surface area (Å²) in [6.07, 6.45) is 0. The van der Waals surface area contributed by atoms with Crippen LogP contribution in [0.5, 0.6) is 0 Å². The molecule has 1 atom stereocenters. The van der Waals surface area contributed by atoms with E-state index in [1.807, 2.05) is 0 Å². The quantitative estimate of drug-likeness (QED) is 0.820. The van der Waals surface area contributed by atoms with Crippen molar-refractivity contribution in [2.24, 2.45) is 0 Å². The monoisotopic (exact) mass is 220 g/mol. The highest BCUT2D eigenvalue weighted by Gasteiger charge is 2.13. The molecule has 1 N–H and O–H groups in total. The highest BCUT2D eigenvalue weighted by atomic mass is 15.1. The van der Waals surface area contributed by atoms with Gasteiger partial charge in [0.2, 0.25) is 0 Å². The van der Waals surface area contributed by atoms with Crippen LogP contribution < -0.4 is 5.32 Å². The lowest BCUT2D eigenvalue weighted by Gasteiger charge is -2.24. The Labute approximate surface area is 99.7 Å². The van der Waals surface area contributed by atoms with Gasteiger partial charge in [-0.1, -0.05) is 25.1 Å². The van der Waals surface area contributed by atoms with Crippen molar-refractivity contribution in [3.63, 3.8) is 0 Å². The van der Waals surface area contributed by atoms with Crippen LogP contribution >= 0.6 is 0 Å². The van der Waals surface area contributed by atoms with Gasteiger partial charge in [0.1, 0.15) is 0 Å². The van der Waals surface area contributed by atoms with E-state index in [-0.39, 0.29) is 0 Å². The van der Waals surface area contributed by atoms with Crippen LogP contribution in [0.3, 0.4) is 0 Å². The zero-order valence-electron chi connectivity index (χ0n) is 11.2. The first-order valence-corrected chi connectivity index (χ1v) is 6.00. The van der Waals surface area contributed by atoms with Crippen molar-refractivity contribution >= 4 is 0 Å². The Balaban J connectivity index is 2.96. The van der Waals surface area contributed by atoms with Gasteiger partial charge in [-0.15, -0.1) is 0 Å². The zero-order valence-corrected chi connectivity index (χ0v) is 11.2. The standard InChI is InChI=1S/C14H24N2/c1-6-15-14(10-16(4)5)13-9-7-8-11(2)12(13)3/h7-9,14-15H,6,10H2,1-5H3. The molecule has 1 unspecified atom stereocenters. The number of hydrogen-bond acceptors (Lipinski definition) is 2. The van der Waals surface area contributed by atoms with Gasteiger partial charge in [0, 0.05) is 12.6 Å². The highest BCUT2D eigenvalue weighted by molar-refractivity contribution is 5.35. The Morgan fingerprint density at radius 3 is 2.50 bits per heavy atom. The van der Waals surface area contributed by atoms with Gasteiger partial charge < -0.3 is 10.2 Å². The summed E-state index contributed by atoms with van der Waals surface area (Å²) >= 11 is 0. The summed E-state index contributed by atoms with van der Waals surface area (Å²) < 4.78 is 0. The van der Waals surface area contributed by atoms with E-state index in [0.717, 1.165) is 13.1 Å². The molecule has 0 aromatic heterocycles. The molecule has 1 aromatic carbocycles. The zero-order chi connectivity index (χ0) is 12.1. The molecule has 0 saturated carbocycles.